The van der Waals surface area contributed by atoms with E-state index in [0.717, 1.165) is 30.5 Å². The predicted octanol–water partition coefficient (Wildman–Crippen LogP) is 6.66. The van der Waals surface area contributed by atoms with Crippen molar-refractivity contribution in [3.63, 3.8) is 0 Å². The molecule has 0 fully saturated rings. The largest absolute Gasteiger partial charge is 0.573 e. The Kier molecular flexibility index (Phi) is 8.16. The van der Waals surface area contributed by atoms with Gasteiger partial charge in [-0.15, -0.1) is 13.2 Å². The van der Waals surface area contributed by atoms with Crippen LogP contribution in [0.1, 0.15) is 11.1 Å². The minimum atomic E-state index is -5.02. The summed E-state index contributed by atoms with van der Waals surface area (Å²) in [6, 6.07) is 7.13. The maximum atomic E-state index is 13.5. The third kappa shape index (κ3) is 8.97. The zero-order valence-electron chi connectivity index (χ0n) is 18.3. The number of alkyl halides is 9. The molecule has 0 spiro atoms. The number of hydrogen-bond donors (Lipinski definition) is 2. The van der Waals surface area contributed by atoms with E-state index in [1.54, 1.807) is 0 Å². The molecular weight excluding hydrogens is 544 g/mol. The first-order chi connectivity index (χ1) is 17.6. The average molecular weight is 557 g/mol. The summed E-state index contributed by atoms with van der Waals surface area (Å²) in [5, 5.41) is 6.08. The van der Waals surface area contributed by atoms with E-state index in [2.05, 4.69) is 35.3 Å². The van der Waals surface area contributed by atoms with Crippen molar-refractivity contribution in [2.45, 2.75) is 18.7 Å². The molecular formula is C21H13F10N5O2. The molecule has 17 heteroatoms. The van der Waals surface area contributed by atoms with Gasteiger partial charge in [-0.3, -0.25) is 0 Å². The molecule has 0 saturated heterocycles. The van der Waals surface area contributed by atoms with Crippen molar-refractivity contribution in [2.24, 2.45) is 5.10 Å². The topological polar surface area (TPSA) is 80.7 Å². The van der Waals surface area contributed by atoms with Gasteiger partial charge in [0.25, 0.3) is 0 Å². The fourth-order valence-electron chi connectivity index (χ4n) is 2.66. The van der Waals surface area contributed by atoms with E-state index in [0.29, 0.717) is 12.1 Å². The van der Waals surface area contributed by atoms with Crippen molar-refractivity contribution in [3.8, 4) is 11.6 Å². The Bertz CT molecular complexity index is 1280. The quantitative estimate of drug-likeness (QED) is 0.183. The predicted molar refractivity (Wildman–Crippen MR) is 113 cm³/mol. The highest BCUT2D eigenvalue weighted by Crippen LogP contribution is 2.34. The first kappa shape index (κ1) is 28.3. The van der Waals surface area contributed by atoms with Gasteiger partial charge in [-0.1, -0.05) is 0 Å². The minimum absolute atomic E-state index is 0.265. The van der Waals surface area contributed by atoms with Crippen LogP contribution in [0.4, 0.5) is 61.4 Å². The van der Waals surface area contributed by atoms with E-state index in [1.165, 1.54) is 12.1 Å². The summed E-state index contributed by atoms with van der Waals surface area (Å²) in [6.07, 6.45) is -13.6. The van der Waals surface area contributed by atoms with E-state index in [9.17, 15) is 43.9 Å². The Labute approximate surface area is 206 Å². The number of nitrogens with zero attached hydrogens (tertiary/aromatic N) is 3. The molecule has 0 aliphatic carbocycles. The molecule has 0 atom stereocenters. The van der Waals surface area contributed by atoms with Gasteiger partial charge in [0.2, 0.25) is 11.8 Å². The molecule has 0 unspecified atom stereocenters. The third-order valence-corrected chi connectivity index (χ3v) is 4.12. The second kappa shape index (κ2) is 11.0. The molecule has 2 aromatic carbocycles. The SMILES string of the molecule is Fc1ccc(Nc2cc(OCC(F)(F)F)nc(N/N=C/c3ccc(OC(F)(F)F)cc3)n2)cc1C(F)(F)F. The van der Waals surface area contributed by atoms with Crippen LogP contribution in [0.25, 0.3) is 0 Å². The summed E-state index contributed by atoms with van der Waals surface area (Å²) < 4.78 is 135. The van der Waals surface area contributed by atoms with Crippen molar-refractivity contribution in [1.29, 1.82) is 0 Å². The van der Waals surface area contributed by atoms with Gasteiger partial charge in [-0.2, -0.15) is 41.4 Å². The monoisotopic (exact) mass is 557 g/mol. The number of ether oxygens (including phenoxy) is 2. The number of benzene rings is 2. The van der Waals surface area contributed by atoms with Crippen LogP contribution in [0.5, 0.6) is 11.6 Å². The van der Waals surface area contributed by atoms with Crippen LogP contribution in [0.15, 0.2) is 53.6 Å². The molecule has 204 valence electrons. The zero-order chi connectivity index (χ0) is 28.1. The molecule has 0 amide bonds. The molecule has 1 heterocycles. The fourth-order valence-corrected chi connectivity index (χ4v) is 2.66. The summed E-state index contributed by atoms with van der Waals surface area (Å²) in [5.74, 6) is -3.51. The minimum Gasteiger partial charge on any atom is -0.468 e. The Morgan fingerprint density at radius 3 is 2.16 bits per heavy atom. The Morgan fingerprint density at radius 2 is 1.55 bits per heavy atom. The molecule has 38 heavy (non-hydrogen) atoms. The van der Waals surface area contributed by atoms with Crippen LogP contribution < -0.4 is 20.2 Å². The highest BCUT2D eigenvalue weighted by molar-refractivity contribution is 5.80. The maximum Gasteiger partial charge on any atom is 0.573 e. The second-order valence-corrected chi connectivity index (χ2v) is 7.12. The molecule has 3 aromatic rings. The normalized spacial score (nSPS) is 12.5. The Hall–Kier alpha value is -4.31. The van der Waals surface area contributed by atoms with Crippen LogP contribution in [0.3, 0.4) is 0 Å². The zero-order valence-corrected chi connectivity index (χ0v) is 18.3. The van der Waals surface area contributed by atoms with Crippen molar-refractivity contribution in [1.82, 2.24) is 9.97 Å². The first-order valence-electron chi connectivity index (χ1n) is 9.95. The summed E-state index contributed by atoms with van der Waals surface area (Å²) >= 11 is 0. The molecule has 7 nitrogen and oxygen atoms in total. The molecule has 0 saturated carbocycles. The van der Waals surface area contributed by atoms with Crippen molar-refractivity contribution in [2.75, 3.05) is 17.3 Å². The number of nitrogens with one attached hydrogen (secondary N) is 2. The molecule has 0 aliphatic heterocycles. The van der Waals surface area contributed by atoms with E-state index >= 15 is 0 Å². The van der Waals surface area contributed by atoms with E-state index < -0.39 is 54.3 Å². The summed E-state index contributed by atoms with van der Waals surface area (Å²) in [6.45, 7) is -1.76. The van der Waals surface area contributed by atoms with E-state index in [-0.39, 0.29) is 17.1 Å². The highest BCUT2D eigenvalue weighted by atomic mass is 19.4. The van der Waals surface area contributed by atoms with Gasteiger partial charge in [0.15, 0.2) is 6.61 Å². The van der Waals surface area contributed by atoms with Crippen LogP contribution >= 0.6 is 0 Å². The molecule has 2 N–H and O–H groups in total. The van der Waals surface area contributed by atoms with Gasteiger partial charge in [0.1, 0.15) is 17.4 Å². The summed E-state index contributed by atoms with van der Waals surface area (Å²) in [7, 11) is 0. The lowest BCUT2D eigenvalue weighted by Crippen LogP contribution is -2.20. The fraction of sp³-hybridized carbons (Fsp3) is 0.190. The van der Waals surface area contributed by atoms with Gasteiger partial charge in [-0.05, 0) is 48.0 Å². The van der Waals surface area contributed by atoms with Crippen LogP contribution in [-0.4, -0.2) is 35.3 Å². The van der Waals surface area contributed by atoms with Gasteiger partial charge < -0.3 is 14.8 Å². The molecule has 1 aromatic heterocycles. The van der Waals surface area contributed by atoms with Crippen LogP contribution in [0.2, 0.25) is 0 Å². The van der Waals surface area contributed by atoms with Crippen molar-refractivity contribution >= 4 is 23.7 Å². The van der Waals surface area contributed by atoms with Gasteiger partial charge in [0, 0.05) is 11.8 Å². The first-order valence-corrected chi connectivity index (χ1v) is 9.95. The number of aromatic nitrogens is 2. The second-order valence-electron chi connectivity index (χ2n) is 7.12. The lowest BCUT2D eigenvalue weighted by atomic mass is 10.2. The van der Waals surface area contributed by atoms with Crippen LogP contribution in [-0.2, 0) is 6.18 Å². The van der Waals surface area contributed by atoms with E-state index in [4.69, 9.17) is 0 Å². The number of hydrazone groups is 1. The molecule has 0 radical (unpaired) electrons. The average Bonchev–Trinajstić information content (AvgIpc) is 2.78. The lowest BCUT2D eigenvalue weighted by Gasteiger charge is -2.13. The Morgan fingerprint density at radius 1 is 0.868 bits per heavy atom. The van der Waals surface area contributed by atoms with Gasteiger partial charge in [0.05, 0.1) is 11.8 Å². The molecule has 3 rings (SSSR count). The summed E-state index contributed by atoms with van der Waals surface area (Å²) in [4.78, 5) is 7.50. The Balaban J connectivity index is 1.81. The highest BCUT2D eigenvalue weighted by Gasteiger charge is 2.34. The molecule has 0 aliphatic rings. The van der Waals surface area contributed by atoms with Gasteiger partial charge in [-0.25, -0.2) is 9.82 Å². The number of rotatable bonds is 8. The standard InChI is InChI=1S/C21H13F10N5O2/c22-15-6-3-12(7-14(15)20(26,27)28)33-16-8-17(37-10-19(23,24)25)35-18(34-16)36-32-9-11-1-4-13(5-2-11)38-21(29,30)31/h1-9H,10H2,(H2,33,34,35,36)/b32-9+. The number of hydrogen-bond acceptors (Lipinski definition) is 7. The third-order valence-electron chi connectivity index (χ3n) is 4.12. The van der Waals surface area contributed by atoms with Crippen molar-refractivity contribution in [3.05, 3.63) is 65.5 Å². The smallest absolute Gasteiger partial charge is 0.468 e. The lowest BCUT2D eigenvalue weighted by molar-refractivity contribution is -0.274. The van der Waals surface area contributed by atoms with Crippen LogP contribution in [0, 0.1) is 5.82 Å². The summed E-state index contributed by atoms with van der Waals surface area (Å²) in [5.41, 5.74) is 0.606. The maximum absolute atomic E-state index is 13.5. The number of anilines is 3. The molecule has 0 bridgehead atoms. The van der Waals surface area contributed by atoms with E-state index in [1.807, 2.05) is 0 Å². The number of halogens is 10. The van der Waals surface area contributed by atoms with Crippen molar-refractivity contribution < 1.29 is 53.4 Å². The van der Waals surface area contributed by atoms with Gasteiger partial charge >= 0.3 is 18.7 Å².